The summed E-state index contributed by atoms with van der Waals surface area (Å²) in [4.78, 5) is 24.7. The quantitative estimate of drug-likeness (QED) is 0.819. The molecule has 0 unspecified atom stereocenters. The van der Waals surface area contributed by atoms with Crippen molar-refractivity contribution in [2.75, 3.05) is 26.2 Å². The van der Waals surface area contributed by atoms with Gasteiger partial charge in [0.2, 0.25) is 0 Å². The zero-order valence-electron chi connectivity index (χ0n) is 14.6. The molecule has 2 saturated heterocycles. The van der Waals surface area contributed by atoms with Gasteiger partial charge >= 0.3 is 6.09 Å². The van der Waals surface area contributed by atoms with E-state index in [1.54, 1.807) is 12.4 Å². The van der Waals surface area contributed by atoms with Gasteiger partial charge in [-0.15, -0.1) is 0 Å². The van der Waals surface area contributed by atoms with E-state index in [0.29, 0.717) is 10.6 Å². The van der Waals surface area contributed by atoms with Crippen LogP contribution >= 0.6 is 11.6 Å². The number of nitrogens with zero attached hydrogens (tertiary/aromatic N) is 4. The third-order valence-electron chi connectivity index (χ3n) is 4.65. The molecule has 0 aliphatic carbocycles. The second-order valence-electron chi connectivity index (χ2n) is 7.94. The highest BCUT2D eigenvalue weighted by Crippen LogP contribution is 2.41. The summed E-state index contributed by atoms with van der Waals surface area (Å²) < 4.78 is 5.46. The zero-order valence-corrected chi connectivity index (χ0v) is 15.3. The number of ether oxygens (including phenoxy) is 1. The molecule has 2 fully saturated rings. The van der Waals surface area contributed by atoms with Crippen LogP contribution in [0, 0.1) is 5.41 Å². The van der Waals surface area contributed by atoms with E-state index in [4.69, 9.17) is 16.3 Å². The molecule has 0 radical (unpaired) electrons. The van der Waals surface area contributed by atoms with E-state index >= 15 is 0 Å². The topological polar surface area (TPSA) is 58.6 Å². The Hall–Kier alpha value is -1.40. The summed E-state index contributed by atoms with van der Waals surface area (Å²) in [6, 6.07) is 0. The molecule has 1 aromatic heterocycles. The zero-order chi connectivity index (χ0) is 17.4. The van der Waals surface area contributed by atoms with E-state index in [2.05, 4.69) is 14.9 Å². The molecular weight excluding hydrogens is 328 g/mol. The predicted octanol–water partition coefficient (Wildman–Crippen LogP) is 2.96. The van der Waals surface area contributed by atoms with Crippen molar-refractivity contribution in [3.05, 3.63) is 23.2 Å². The fourth-order valence-electron chi connectivity index (χ4n) is 3.47. The van der Waals surface area contributed by atoms with Crippen LogP contribution in [0.1, 0.15) is 39.3 Å². The van der Waals surface area contributed by atoms with Crippen LogP contribution in [0.3, 0.4) is 0 Å². The van der Waals surface area contributed by atoms with Crippen LogP contribution in [0.2, 0.25) is 5.15 Å². The minimum Gasteiger partial charge on any atom is -0.444 e. The molecule has 2 aliphatic heterocycles. The Balaban J connectivity index is 1.45. The van der Waals surface area contributed by atoms with E-state index in [1.165, 1.54) is 0 Å². The Kier molecular flexibility index (Phi) is 4.71. The van der Waals surface area contributed by atoms with E-state index in [1.807, 2.05) is 25.7 Å². The standard InChI is InChI=1S/C17H25ClN4O2/c1-16(2,3)24-15(23)22-6-4-17(5-7-22)11-21(12-17)10-13-8-20-14(18)9-19-13/h8-9H,4-7,10-12H2,1-3H3. The number of piperidine rings is 1. The van der Waals surface area contributed by atoms with Gasteiger partial charge in [0.1, 0.15) is 10.8 Å². The maximum absolute atomic E-state index is 12.1. The van der Waals surface area contributed by atoms with Crippen molar-refractivity contribution in [1.29, 1.82) is 0 Å². The first kappa shape index (κ1) is 17.4. The summed E-state index contributed by atoms with van der Waals surface area (Å²) in [7, 11) is 0. The number of hydrogen-bond donors (Lipinski definition) is 0. The lowest BCUT2D eigenvalue weighted by atomic mass is 9.72. The molecule has 3 rings (SSSR count). The first-order valence-electron chi connectivity index (χ1n) is 8.41. The van der Waals surface area contributed by atoms with E-state index in [9.17, 15) is 4.79 Å². The minimum atomic E-state index is -0.431. The molecule has 0 saturated carbocycles. The highest BCUT2D eigenvalue weighted by atomic mass is 35.5. The molecule has 7 heteroatoms. The Morgan fingerprint density at radius 1 is 1.25 bits per heavy atom. The predicted molar refractivity (Wildman–Crippen MR) is 91.8 cm³/mol. The van der Waals surface area contributed by atoms with Gasteiger partial charge in [0, 0.05) is 32.7 Å². The van der Waals surface area contributed by atoms with Crippen molar-refractivity contribution >= 4 is 17.7 Å². The lowest BCUT2D eigenvalue weighted by molar-refractivity contribution is -0.0555. The maximum atomic E-state index is 12.1. The maximum Gasteiger partial charge on any atom is 0.410 e. The Bertz CT molecular complexity index is 584. The number of hydrogen-bond acceptors (Lipinski definition) is 5. The monoisotopic (exact) mass is 352 g/mol. The average Bonchev–Trinajstić information content (AvgIpc) is 2.47. The lowest BCUT2D eigenvalue weighted by Crippen LogP contribution is -2.60. The summed E-state index contributed by atoms with van der Waals surface area (Å²) in [5, 5.41) is 0.424. The number of aromatic nitrogens is 2. The fraction of sp³-hybridized carbons (Fsp3) is 0.706. The number of amides is 1. The summed E-state index contributed by atoms with van der Waals surface area (Å²) in [5.41, 5.74) is 0.859. The minimum absolute atomic E-state index is 0.190. The van der Waals surface area contributed by atoms with Crippen molar-refractivity contribution in [2.24, 2.45) is 5.41 Å². The van der Waals surface area contributed by atoms with Crippen LogP contribution < -0.4 is 0 Å². The van der Waals surface area contributed by atoms with E-state index in [-0.39, 0.29) is 6.09 Å². The number of carbonyl (C=O) groups excluding carboxylic acids is 1. The molecule has 1 aromatic rings. The van der Waals surface area contributed by atoms with Gasteiger partial charge in [0.05, 0.1) is 18.1 Å². The third kappa shape index (κ3) is 4.16. The van der Waals surface area contributed by atoms with Gasteiger partial charge in [0.25, 0.3) is 0 Å². The molecule has 1 amide bonds. The summed E-state index contributed by atoms with van der Waals surface area (Å²) in [6.07, 6.45) is 5.21. The van der Waals surface area contributed by atoms with Gasteiger partial charge < -0.3 is 9.64 Å². The number of rotatable bonds is 2. The molecule has 2 aliphatic rings. The molecule has 1 spiro atoms. The number of carbonyl (C=O) groups is 1. The van der Waals surface area contributed by atoms with Gasteiger partial charge in [-0.3, -0.25) is 9.88 Å². The molecule has 3 heterocycles. The second-order valence-corrected chi connectivity index (χ2v) is 8.33. The molecule has 0 bridgehead atoms. The van der Waals surface area contributed by atoms with Crippen LogP contribution in [0.4, 0.5) is 4.79 Å². The lowest BCUT2D eigenvalue weighted by Gasteiger charge is -2.54. The average molecular weight is 353 g/mol. The van der Waals surface area contributed by atoms with Crippen LogP contribution in [0.5, 0.6) is 0 Å². The molecule has 132 valence electrons. The summed E-state index contributed by atoms with van der Waals surface area (Å²) in [5.74, 6) is 0. The number of halogens is 1. The van der Waals surface area contributed by atoms with Crippen LogP contribution in [-0.2, 0) is 11.3 Å². The first-order valence-corrected chi connectivity index (χ1v) is 8.79. The van der Waals surface area contributed by atoms with Gasteiger partial charge in [-0.05, 0) is 39.0 Å². The van der Waals surface area contributed by atoms with Crippen LogP contribution in [0.15, 0.2) is 12.4 Å². The molecule has 24 heavy (non-hydrogen) atoms. The van der Waals surface area contributed by atoms with E-state index < -0.39 is 5.60 Å². The summed E-state index contributed by atoms with van der Waals surface area (Å²) in [6.45, 7) is 10.2. The van der Waals surface area contributed by atoms with Gasteiger partial charge in [-0.25, -0.2) is 9.78 Å². The van der Waals surface area contributed by atoms with E-state index in [0.717, 1.165) is 51.3 Å². The highest BCUT2D eigenvalue weighted by molar-refractivity contribution is 6.29. The van der Waals surface area contributed by atoms with Gasteiger partial charge in [-0.2, -0.15) is 0 Å². The van der Waals surface area contributed by atoms with Crippen molar-refractivity contribution in [3.63, 3.8) is 0 Å². The first-order chi connectivity index (χ1) is 11.2. The fourth-order valence-corrected chi connectivity index (χ4v) is 3.57. The van der Waals surface area contributed by atoms with Crippen LogP contribution in [0.25, 0.3) is 0 Å². The van der Waals surface area contributed by atoms with Crippen molar-refractivity contribution in [3.8, 4) is 0 Å². The molecular formula is C17H25ClN4O2. The molecule has 0 N–H and O–H groups in total. The highest BCUT2D eigenvalue weighted by Gasteiger charge is 2.45. The van der Waals surface area contributed by atoms with Crippen LogP contribution in [-0.4, -0.2) is 57.6 Å². The SMILES string of the molecule is CC(C)(C)OC(=O)N1CCC2(CC1)CN(Cc1cnc(Cl)cn1)C2. The van der Waals surface area contributed by atoms with Crippen molar-refractivity contribution in [1.82, 2.24) is 19.8 Å². The Morgan fingerprint density at radius 2 is 1.92 bits per heavy atom. The molecule has 6 nitrogen and oxygen atoms in total. The third-order valence-corrected chi connectivity index (χ3v) is 4.85. The molecule has 0 aromatic carbocycles. The van der Waals surface area contributed by atoms with Crippen molar-refractivity contribution < 1.29 is 9.53 Å². The largest absolute Gasteiger partial charge is 0.444 e. The Morgan fingerprint density at radius 3 is 2.46 bits per heavy atom. The normalized spacial score (nSPS) is 20.8. The van der Waals surface area contributed by atoms with Gasteiger partial charge in [-0.1, -0.05) is 11.6 Å². The van der Waals surface area contributed by atoms with Crippen molar-refractivity contribution in [2.45, 2.75) is 45.8 Å². The number of likely N-dealkylation sites (tertiary alicyclic amines) is 2. The van der Waals surface area contributed by atoms with Gasteiger partial charge in [0.15, 0.2) is 0 Å². The smallest absolute Gasteiger partial charge is 0.410 e. The Labute approximate surface area is 148 Å². The molecule has 0 atom stereocenters. The second kappa shape index (κ2) is 6.48. The summed E-state index contributed by atoms with van der Waals surface area (Å²) >= 11 is 5.76.